The molecular formula is C28H33N3O3. The van der Waals surface area contributed by atoms with E-state index in [4.69, 9.17) is 4.74 Å². The van der Waals surface area contributed by atoms with E-state index < -0.39 is 12.0 Å². The van der Waals surface area contributed by atoms with E-state index in [1.54, 1.807) is 0 Å². The number of methoxy groups -OCH3 is 1. The first-order valence-corrected chi connectivity index (χ1v) is 12.4. The molecule has 1 heterocycles. The molecule has 1 saturated heterocycles. The lowest BCUT2D eigenvalue weighted by molar-refractivity contribution is -0.142. The van der Waals surface area contributed by atoms with Crippen LogP contribution < -0.4 is 15.5 Å². The number of aryl methyl sites for hydroxylation is 2. The number of urea groups is 1. The number of rotatable bonds is 6. The molecule has 0 unspecified atom stereocenters. The van der Waals surface area contributed by atoms with Gasteiger partial charge in [-0.05, 0) is 91.3 Å². The molecule has 0 radical (unpaired) electrons. The number of benzene rings is 2. The summed E-state index contributed by atoms with van der Waals surface area (Å²) in [5.74, 6) is -0.449. The Labute approximate surface area is 201 Å². The van der Waals surface area contributed by atoms with Crippen molar-refractivity contribution >= 4 is 23.4 Å². The minimum Gasteiger partial charge on any atom is -0.467 e. The van der Waals surface area contributed by atoms with E-state index in [-0.39, 0.29) is 6.03 Å². The number of carbonyl (C=O) groups is 2. The van der Waals surface area contributed by atoms with Crippen LogP contribution in [0, 0.1) is 0 Å². The number of amides is 2. The molecule has 6 heteroatoms. The fourth-order valence-corrected chi connectivity index (χ4v) is 5.74. The molecule has 3 aliphatic rings. The van der Waals surface area contributed by atoms with E-state index in [1.807, 2.05) is 12.1 Å². The highest BCUT2D eigenvalue weighted by molar-refractivity contribution is 5.94. The second-order valence-corrected chi connectivity index (χ2v) is 9.60. The molecule has 1 aliphatic heterocycles. The summed E-state index contributed by atoms with van der Waals surface area (Å²) in [6.07, 6.45) is 8.84. The molecule has 2 aromatic carbocycles. The number of esters is 1. The number of fused-ring (bicyclic) bond motifs is 2. The third kappa shape index (κ3) is 4.41. The Kier molecular flexibility index (Phi) is 6.31. The zero-order valence-electron chi connectivity index (χ0n) is 19.9. The first kappa shape index (κ1) is 22.5. The second kappa shape index (κ2) is 9.53. The summed E-state index contributed by atoms with van der Waals surface area (Å²) in [6, 6.07) is 9.32. The molecule has 6 nitrogen and oxygen atoms in total. The third-order valence-electron chi connectivity index (χ3n) is 7.39. The van der Waals surface area contributed by atoms with Gasteiger partial charge in [-0.2, -0.15) is 0 Å². The third-order valence-corrected chi connectivity index (χ3v) is 7.39. The Morgan fingerprint density at radius 3 is 2.41 bits per heavy atom. The van der Waals surface area contributed by atoms with Gasteiger partial charge in [0.05, 0.1) is 7.11 Å². The van der Waals surface area contributed by atoms with Crippen LogP contribution >= 0.6 is 0 Å². The predicted octanol–water partition coefficient (Wildman–Crippen LogP) is 4.68. The van der Waals surface area contributed by atoms with Crippen molar-refractivity contribution in [2.24, 2.45) is 0 Å². The van der Waals surface area contributed by atoms with Crippen LogP contribution in [0.5, 0.6) is 0 Å². The summed E-state index contributed by atoms with van der Waals surface area (Å²) in [7, 11) is 1.36. The number of hydrogen-bond acceptors (Lipinski definition) is 4. The summed E-state index contributed by atoms with van der Waals surface area (Å²) >= 11 is 0. The van der Waals surface area contributed by atoms with Gasteiger partial charge in [-0.1, -0.05) is 24.8 Å². The van der Waals surface area contributed by atoms with Crippen LogP contribution in [0.4, 0.5) is 16.2 Å². The van der Waals surface area contributed by atoms with E-state index in [2.05, 4.69) is 40.3 Å². The number of hydrogen-bond donors (Lipinski definition) is 2. The van der Waals surface area contributed by atoms with Crippen LogP contribution in [0.3, 0.4) is 0 Å². The molecule has 1 atom stereocenters. The summed E-state index contributed by atoms with van der Waals surface area (Å²) in [4.78, 5) is 27.9. The van der Waals surface area contributed by atoms with Crippen LogP contribution in [0.1, 0.15) is 53.5 Å². The molecule has 0 spiro atoms. The Hall–Kier alpha value is -3.28. The quantitative estimate of drug-likeness (QED) is 0.615. The van der Waals surface area contributed by atoms with Gasteiger partial charge in [0, 0.05) is 30.0 Å². The zero-order valence-corrected chi connectivity index (χ0v) is 19.9. The Bertz CT molecular complexity index is 1110. The van der Waals surface area contributed by atoms with Gasteiger partial charge in [0.2, 0.25) is 0 Å². The minimum atomic E-state index is -0.771. The molecule has 2 aliphatic carbocycles. The van der Waals surface area contributed by atoms with Crippen molar-refractivity contribution in [3.8, 4) is 0 Å². The first-order valence-electron chi connectivity index (χ1n) is 12.4. The van der Waals surface area contributed by atoms with Crippen molar-refractivity contribution in [3.05, 3.63) is 70.4 Å². The van der Waals surface area contributed by atoms with Gasteiger partial charge in [-0.25, -0.2) is 9.59 Å². The molecule has 0 bridgehead atoms. The number of nitrogens with zero attached hydrogens (tertiary/aromatic N) is 1. The van der Waals surface area contributed by atoms with Crippen LogP contribution in [-0.2, 0) is 41.6 Å². The maximum absolute atomic E-state index is 13.1. The Morgan fingerprint density at radius 2 is 1.76 bits per heavy atom. The molecular weight excluding hydrogens is 426 g/mol. The highest BCUT2D eigenvalue weighted by Gasteiger charge is 2.27. The predicted molar refractivity (Wildman–Crippen MR) is 134 cm³/mol. The topological polar surface area (TPSA) is 70.7 Å². The van der Waals surface area contributed by atoms with Crippen molar-refractivity contribution < 1.29 is 14.3 Å². The van der Waals surface area contributed by atoms with Crippen molar-refractivity contribution in [2.75, 3.05) is 23.9 Å². The maximum atomic E-state index is 13.1. The van der Waals surface area contributed by atoms with Gasteiger partial charge in [-0.3, -0.25) is 0 Å². The minimum absolute atomic E-state index is 0.353. The summed E-state index contributed by atoms with van der Waals surface area (Å²) < 4.78 is 5.02. The van der Waals surface area contributed by atoms with Crippen LogP contribution in [-0.4, -0.2) is 31.7 Å². The van der Waals surface area contributed by atoms with Crippen LogP contribution in [0.25, 0.3) is 0 Å². The molecule has 2 amide bonds. The molecule has 1 fully saturated rings. The van der Waals surface area contributed by atoms with E-state index >= 15 is 0 Å². The van der Waals surface area contributed by atoms with Crippen molar-refractivity contribution in [1.29, 1.82) is 0 Å². The molecule has 34 heavy (non-hydrogen) atoms. The lowest BCUT2D eigenvalue weighted by Crippen LogP contribution is -2.45. The average molecular weight is 460 g/mol. The van der Waals surface area contributed by atoms with Crippen molar-refractivity contribution in [3.63, 3.8) is 0 Å². The molecule has 0 aromatic heterocycles. The first-order chi connectivity index (χ1) is 16.5. The van der Waals surface area contributed by atoms with Crippen molar-refractivity contribution in [1.82, 2.24) is 5.32 Å². The monoisotopic (exact) mass is 459 g/mol. The number of allylic oxidation sites excluding steroid dienone is 1. The van der Waals surface area contributed by atoms with E-state index in [9.17, 15) is 9.59 Å². The molecule has 2 aromatic rings. The van der Waals surface area contributed by atoms with E-state index in [1.165, 1.54) is 29.4 Å². The summed E-state index contributed by atoms with van der Waals surface area (Å²) in [5, 5.41) is 6.01. The number of nitrogens with one attached hydrogen (secondary N) is 2. The standard InChI is InChI=1S/C28H33N3O3/c1-18-7-6-14-31(18)22-11-3-8-19(15-22)16-25(27(32)34-2)29-28(33)30-26-23-12-4-9-20(23)17-21-10-5-13-24(21)26/h3,8,11,15,17,25H,1,4-7,9-10,12-14,16H2,2H3,(H2,29,30,33)/t25-/m1/s1. The smallest absolute Gasteiger partial charge is 0.328 e. The summed E-state index contributed by atoms with van der Waals surface area (Å²) in [5.41, 5.74) is 9.38. The highest BCUT2D eigenvalue weighted by atomic mass is 16.5. The molecule has 178 valence electrons. The lowest BCUT2D eigenvalue weighted by Gasteiger charge is -2.22. The van der Waals surface area contributed by atoms with Crippen LogP contribution in [0.15, 0.2) is 42.6 Å². The SMILES string of the molecule is C=C1CCCN1c1cccc(C[C@@H](NC(=O)Nc2c3c(cc4c2CCC4)CCC3)C(=O)OC)c1. The van der Waals surface area contributed by atoms with Gasteiger partial charge in [0.1, 0.15) is 6.04 Å². The number of anilines is 2. The number of ether oxygens (including phenoxy) is 1. The fraction of sp³-hybridized carbons (Fsp3) is 0.429. The lowest BCUT2D eigenvalue weighted by atomic mass is 9.99. The Morgan fingerprint density at radius 1 is 1.03 bits per heavy atom. The van der Waals surface area contributed by atoms with Crippen molar-refractivity contribution in [2.45, 2.75) is 63.8 Å². The van der Waals surface area contributed by atoms with Gasteiger partial charge >= 0.3 is 12.0 Å². The largest absolute Gasteiger partial charge is 0.467 e. The van der Waals surface area contributed by atoms with E-state index in [0.717, 1.165) is 80.5 Å². The van der Waals surface area contributed by atoms with Crippen LogP contribution in [0.2, 0.25) is 0 Å². The van der Waals surface area contributed by atoms with Gasteiger partial charge < -0.3 is 20.3 Å². The number of carbonyl (C=O) groups excluding carboxylic acids is 2. The maximum Gasteiger partial charge on any atom is 0.328 e. The molecule has 5 rings (SSSR count). The molecule has 0 saturated carbocycles. The van der Waals surface area contributed by atoms with Gasteiger partial charge in [-0.15, -0.1) is 0 Å². The Balaban J connectivity index is 1.33. The van der Waals surface area contributed by atoms with E-state index in [0.29, 0.717) is 6.42 Å². The molecule has 2 N–H and O–H groups in total. The average Bonchev–Trinajstić information content (AvgIpc) is 3.59. The summed E-state index contributed by atoms with van der Waals surface area (Å²) in [6.45, 7) is 5.11. The zero-order chi connectivity index (χ0) is 23.7. The fourth-order valence-electron chi connectivity index (χ4n) is 5.74. The normalized spacial score (nSPS) is 17.3. The second-order valence-electron chi connectivity index (χ2n) is 9.60. The van der Waals surface area contributed by atoms with Gasteiger partial charge in [0.25, 0.3) is 0 Å². The highest BCUT2D eigenvalue weighted by Crippen LogP contribution is 2.38. The van der Waals surface area contributed by atoms with Gasteiger partial charge in [0.15, 0.2) is 0 Å².